The van der Waals surface area contributed by atoms with Crippen LogP contribution in [0.2, 0.25) is 0 Å². The van der Waals surface area contributed by atoms with Crippen molar-refractivity contribution < 1.29 is 13.5 Å². The van der Waals surface area contributed by atoms with Crippen LogP contribution in [0.25, 0.3) is 0 Å². The molecule has 2 nitrogen and oxygen atoms in total. The summed E-state index contributed by atoms with van der Waals surface area (Å²) < 4.78 is 31.8. The number of ether oxygens (including phenoxy) is 1. The van der Waals surface area contributed by atoms with Gasteiger partial charge in [-0.1, -0.05) is 22.9 Å². The van der Waals surface area contributed by atoms with Crippen molar-refractivity contribution in [1.82, 2.24) is 5.32 Å². The van der Waals surface area contributed by atoms with Gasteiger partial charge in [-0.2, -0.15) is 4.39 Å². The van der Waals surface area contributed by atoms with E-state index in [1.807, 2.05) is 0 Å². The molecule has 0 bridgehead atoms. The molecular formula is C11H14BrF2NO. The summed E-state index contributed by atoms with van der Waals surface area (Å²) in [4.78, 5) is 0. The molecule has 0 fully saturated rings. The van der Waals surface area contributed by atoms with Crippen LogP contribution < -0.4 is 10.1 Å². The van der Waals surface area contributed by atoms with Crippen LogP contribution in [0.4, 0.5) is 8.78 Å². The van der Waals surface area contributed by atoms with Crippen LogP contribution >= 0.6 is 15.9 Å². The number of benzene rings is 1. The molecule has 0 heterocycles. The summed E-state index contributed by atoms with van der Waals surface area (Å²) in [6.07, 6.45) is 1.03. The zero-order chi connectivity index (χ0) is 12.0. The average molecular weight is 294 g/mol. The van der Waals surface area contributed by atoms with Crippen LogP contribution in [0.5, 0.6) is 5.75 Å². The predicted molar refractivity (Wildman–Crippen MR) is 62.7 cm³/mol. The molecule has 1 aromatic rings. The van der Waals surface area contributed by atoms with E-state index in [-0.39, 0.29) is 5.75 Å². The lowest BCUT2D eigenvalue weighted by atomic mass is 10.3. The molecule has 90 valence electrons. The maximum Gasteiger partial charge on any atom is 0.200 e. The molecule has 0 aliphatic carbocycles. The van der Waals surface area contributed by atoms with Crippen molar-refractivity contribution in [1.29, 1.82) is 0 Å². The third-order valence-corrected chi connectivity index (χ3v) is 2.38. The summed E-state index contributed by atoms with van der Waals surface area (Å²) in [6, 6.07) is 2.48. The van der Waals surface area contributed by atoms with Crippen LogP contribution in [-0.4, -0.2) is 19.7 Å². The number of rotatable bonds is 6. The average Bonchev–Trinajstić information content (AvgIpc) is 2.24. The summed E-state index contributed by atoms with van der Waals surface area (Å²) in [6.45, 7) is 3.87. The first-order chi connectivity index (χ1) is 7.65. The molecule has 0 radical (unpaired) electrons. The monoisotopic (exact) mass is 293 g/mol. The van der Waals surface area contributed by atoms with Crippen molar-refractivity contribution in [2.45, 2.75) is 13.3 Å². The molecule has 0 atom stereocenters. The molecule has 5 heteroatoms. The Bertz CT molecular complexity index is 347. The second kappa shape index (κ2) is 6.81. The second-order valence-electron chi connectivity index (χ2n) is 3.30. The van der Waals surface area contributed by atoms with E-state index in [9.17, 15) is 8.78 Å². The molecule has 0 aliphatic rings. The minimum absolute atomic E-state index is 0.0647. The van der Waals surface area contributed by atoms with E-state index >= 15 is 0 Å². The van der Waals surface area contributed by atoms with Gasteiger partial charge < -0.3 is 10.1 Å². The van der Waals surface area contributed by atoms with E-state index in [4.69, 9.17) is 4.74 Å². The molecule has 0 unspecified atom stereocenters. The first kappa shape index (κ1) is 13.4. The first-order valence-electron chi connectivity index (χ1n) is 5.13. The highest BCUT2D eigenvalue weighted by Gasteiger charge is 2.10. The highest BCUT2D eigenvalue weighted by Crippen LogP contribution is 2.25. The number of nitrogens with one attached hydrogen (secondary N) is 1. The Morgan fingerprint density at radius 1 is 1.31 bits per heavy atom. The van der Waals surface area contributed by atoms with Crippen LogP contribution in [-0.2, 0) is 0 Å². The Morgan fingerprint density at radius 2 is 2.06 bits per heavy atom. The summed E-state index contributed by atoms with van der Waals surface area (Å²) in [5.74, 6) is -1.92. The van der Waals surface area contributed by atoms with Crippen molar-refractivity contribution in [2.24, 2.45) is 0 Å². The SMILES string of the molecule is CCCNCCOc1cc(Br)cc(F)c1F. The van der Waals surface area contributed by atoms with Gasteiger partial charge >= 0.3 is 0 Å². The molecule has 1 rings (SSSR count). The highest BCUT2D eigenvalue weighted by molar-refractivity contribution is 9.10. The van der Waals surface area contributed by atoms with Crippen LogP contribution in [0.3, 0.4) is 0 Å². The summed E-state index contributed by atoms with van der Waals surface area (Å²) in [7, 11) is 0. The topological polar surface area (TPSA) is 21.3 Å². The summed E-state index contributed by atoms with van der Waals surface area (Å²) >= 11 is 3.08. The van der Waals surface area contributed by atoms with Crippen molar-refractivity contribution in [3.63, 3.8) is 0 Å². The quantitative estimate of drug-likeness (QED) is 0.643. The molecule has 1 N–H and O–H groups in total. The van der Waals surface area contributed by atoms with Crippen LogP contribution in [0.15, 0.2) is 16.6 Å². The van der Waals surface area contributed by atoms with Gasteiger partial charge in [0.25, 0.3) is 0 Å². The van der Waals surface area contributed by atoms with Gasteiger partial charge in [0.1, 0.15) is 6.61 Å². The van der Waals surface area contributed by atoms with Crippen molar-refractivity contribution >= 4 is 15.9 Å². The third kappa shape index (κ3) is 4.06. The van der Waals surface area contributed by atoms with E-state index in [0.717, 1.165) is 19.0 Å². The van der Waals surface area contributed by atoms with E-state index in [0.29, 0.717) is 17.6 Å². The lowest BCUT2D eigenvalue weighted by Crippen LogP contribution is -2.21. The fourth-order valence-electron chi connectivity index (χ4n) is 1.17. The van der Waals surface area contributed by atoms with Gasteiger partial charge in [0.2, 0.25) is 5.82 Å². The van der Waals surface area contributed by atoms with E-state index in [1.165, 1.54) is 6.07 Å². The van der Waals surface area contributed by atoms with Gasteiger partial charge in [0, 0.05) is 11.0 Å². The standard InChI is InChI=1S/C11H14BrF2NO/c1-2-3-15-4-5-16-10-7-8(12)6-9(13)11(10)14/h6-7,15H,2-5H2,1H3. The number of hydrogen-bond acceptors (Lipinski definition) is 2. The minimum atomic E-state index is -0.946. The van der Waals surface area contributed by atoms with Crippen molar-refractivity contribution in [2.75, 3.05) is 19.7 Å². The van der Waals surface area contributed by atoms with Crippen LogP contribution in [0, 0.1) is 11.6 Å². The van der Waals surface area contributed by atoms with Gasteiger partial charge in [0.15, 0.2) is 11.6 Å². The lowest BCUT2D eigenvalue weighted by Gasteiger charge is -2.08. The summed E-state index contributed by atoms with van der Waals surface area (Å²) in [5.41, 5.74) is 0. The van der Waals surface area contributed by atoms with Crippen molar-refractivity contribution in [3.05, 3.63) is 28.2 Å². The Morgan fingerprint density at radius 3 is 2.75 bits per heavy atom. The van der Waals surface area contributed by atoms with Gasteiger partial charge in [-0.05, 0) is 25.1 Å². The Hall–Kier alpha value is -0.680. The molecule has 0 saturated heterocycles. The fourth-order valence-corrected chi connectivity index (χ4v) is 1.58. The minimum Gasteiger partial charge on any atom is -0.489 e. The largest absolute Gasteiger partial charge is 0.489 e. The van der Waals surface area contributed by atoms with Gasteiger partial charge in [-0.3, -0.25) is 0 Å². The van der Waals surface area contributed by atoms with Crippen molar-refractivity contribution in [3.8, 4) is 5.75 Å². The normalized spacial score (nSPS) is 10.5. The second-order valence-corrected chi connectivity index (χ2v) is 4.21. The maximum atomic E-state index is 13.2. The molecular weight excluding hydrogens is 280 g/mol. The van der Waals surface area contributed by atoms with Crippen LogP contribution in [0.1, 0.15) is 13.3 Å². The lowest BCUT2D eigenvalue weighted by molar-refractivity contribution is 0.293. The molecule has 0 aromatic heterocycles. The number of halogens is 3. The molecule has 0 amide bonds. The Kier molecular flexibility index (Phi) is 5.69. The van der Waals surface area contributed by atoms with E-state index in [2.05, 4.69) is 28.2 Å². The number of hydrogen-bond donors (Lipinski definition) is 1. The van der Waals surface area contributed by atoms with Gasteiger partial charge in [-0.15, -0.1) is 0 Å². The highest BCUT2D eigenvalue weighted by atomic mass is 79.9. The molecule has 1 aromatic carbocycles. The van der Waals surface area contributed by atoms with Gasteiger partial charge in [-0.25, -0.2) is 4.39 Å². The molecule has 0 saturated carbocycles. The molecule has 0 spiro atoms. The Labute approximate surface area is 102 Å². The molecule has 0 aliphatic heterocycles. The summed E-state index contributed by atoms with van der Waals surface area (Å²) in [5, 5.41) is 3.10. The zero-order valence-corrected chi connectivity index (χ0v) is 10.6. The fraction of sp³-hybridized carbons (Fsp3) is 0.455. The smallest absolute Gasteiger partial charge is 0.200 e. The zero-order valence-electron chi connectivity index (χ0n) is 9.03. The predicted octanol–water partition coefficient (Wildman–Crippen LogP) is 3.11. The Balaban J connectivity index is 2.47. The maximum absolute atomic E-state index is 13.2. The van der Waals surface area contributed by atoms with E-state index in [1.54, 1.807) is 0 Å². The van der Waals surface area contributed by atoms with Gasteiger partial charge in [0.05, 0.1) is 0 Å². The first-order valence-corrected chi connectivity index (χ1v) is 5.92. The third-order valence-electron chi connectivity index (χ3n) is 1.92. The van der Waals surface area contributed by atoms with E-state index < -0.39 is 11.6 Å². The molecule has 16 heavy (non-hydrogen) atoms.